The lowest BCUT2D eigenvalue weighted by Gasteiger charge is -2.25. The molecular formula is C31H37ClN6O2. The van der Waals surface area contributed by atoms with Gasteiger partial charge in [-0.1, -0.05) is 18.5 Å². The summed E-state index contributed by atoms with van der Waals surface area (Å²) in [6, 6.07) is 9.57. The Morgan fingerprint density at radius 2 is 2.00 bits per heavy atom. The number of hydrogen-bond donors (Lipinski definition) is 4. The number of nitrogens with zero attached hydrogens (tertiary/aromatic N) is 2. The Balaban J connectivity index is 1.65. The fourth-order valence-corrected chi connectivity index (χ4v) is 4.57. The van der Waals surface area contributed by atoms with Crippen LogP contribution in [-0.4, -0.2) is 23.1 Å². The predicted octanol–water partition coefficient (Wildman–Crippen LogP) is 7.84. The molecule has 0 amide bonds. The van der Waals surface area contributed by atoms with E-state index < -0.39 is 0 Å². The van der Waals surface area contributed by atoms with Crippen molar-refractivity contribution in [2.75, 3.05) is 18.2 Å². The molecule has 4 rings (SSSR count). The zero-order valence-corrected chi connectivity index (χ0v) is 24.4. The molecule has 0 aliphatic heterocycles. The average molecular weight is 561 g/mol. The maximum Gasteiger partial charge on any atom is 0.192 e. The lowest BCUT2D eigenvalue weighted by molar-refractivity contribution is 0.323. The number of benzene rings is 2. The van der Waals surface area contributed by atoms with E-state index in [-0.39, 0.29) is 0 Å². The average Bonchev–Trinajstić information content (AvgIpc) is 3.27. The number of hydrogen-bond acceptors (Lipinski definition) is 7. The normalized spacial score (nSPS) is 12.8. The van der Waals surface area contributed by atoms with Gasteiger partial charge in [0, 0.05) is 40.9 Å². The summed E-state index contributed by atoms with van der Waals surface area (Å²) >= 11 is 6.49. The second kappa shape index (κ2) is 12.8. The van der Waals surface area contributed by atoms with Crippen LogP contribution in [0.25, 0.3) is 11.4 Å². The Hall–Kier alpha value is -4.17. The monoisotopic (exact) mass is 560 g/mol. The fourth-order valence-electron chi connectivity index (χ4n) is 4.29. The van der Waals surface area contributed by atoms with Crippen molar-refractivity contribution in [2.24, 2.45) is 0 Å². The van der Waals surface area contributed by atoms with Crippen LogP contribution in [-0.2, 0) is 4.74 Å². The molecule has 9 heteroatoms. The number of nitrogens with one attached hydrogen (secondary N) is 3. The second-order valence-corrected chi connectivity index (χ2v) is 10.3. The van der Waals surface area contributed by atoms with Gasteiger partial charge in [-0.05, 0) is 87.9 Å². The molecule has 1 heterocycles. The summed E-state index contributed by atoms with van der Waals surface area (Å²) in [5, 5.41) is 19.6. The minimum absolute atomic E-state index is 0.379. The van der Waals surface area contributed by atoms with Gasteiger partial charge in [-0.2, -0.15) is 0 Å². The number of nitrogens with two attached hydrogens (primary N) is 1. The third-order valence-corrected chi connectivity index (χ3v) is 7.00. The van der Waals surface area contributed by atoms with Crippen LogP contribution in [0.2, 0.25) is 5.02 Å². The van der Waals surface area contributed by atoms with Crippen molar-refractivity contribution in [1.82, 2.24) is 15.1 Å². The second-order valence-electron chi connectivity index (χ2n) is 9.94. The number of halogens is 1. The Labute approximate surface area is 241 Å². The number of aryl methyl sites for hydroxylation is 1. The Bertz CT molecular complexity index is 1490. The highest BCUT2D eigenvalue weighted by molar-refractivity contribution is 6.36. The lowest BCUT2D eigenvalue weighted by Crippen LogP contribution is -2.18. The fraction of sp³-hybridized carbons (Fsp3) is 0.290. The van der Waals surface area contributed by atoms with Crippen LogP contribution in [0.1, 0.15) is 63.1 Å². The van der Waals surface area contributed by atoms with E-state index in [0.29, 0.717) is 33.7 Å². The molecular weight excluding hydrogens is 524 g/mol. The van der Waals surface area contributed by atoms with Crippen LogP contribution >= 0.6 is 11.6 Å². The molecule has 0 bridgehead atoms. The van der Waals surface area contributed by atoms with Crippen LogP contribution in [0.15, 0.2) is 65.9 Å². The molecule has 0 unspecified atom stereocenters. The van der Waals surface area contributed by atoms with Crippen LogP contribution in [0.4, 0.5) is 17.2 Å². The zero-order valence-electron chi connectivity index (χ0n) is 23.7. The minimum Gasteiger partial charge on any atom is -0.496 e. The summed E-state index contributed by atoms with van der Waals surface area (Å²) < 4.78 is 13.6. The first kappa shape index (κ1) is 28.8. The third kappa shape index (κ3) is 6.34. The third-order valence-electron chi connectivity index (χ3n) is 6.60. The van der Waals surface area contributed by atoms with Crippen molar-refractivity contribution in [2.45, 2.75) is 53.4 Å². The highest BCUT2D eigenvalue weighted by Crippen LogP contribution is 2.37. The van der Waals surface area contributed by atoms with Crippen molar-refractivity contribution in [3.05, 3.63) is 87.6 Å². The van der Waals surface area contributed by atoms with E-state index in [1.807, 2.05) is 45.2 Å². The van der Waals surface area contributed by atoms with E-state index in [1.54, 1.807) is 30.2 Å². The molecule has 0 atom stereocenters. The first-order valence-electron chi connectivity index (χ1n) is 13.3. The summed E-state index contributed by atoms with van der Waals surface area (Å²) in [7, 11) is 1.68. The molecule has 0 saturated heterocycles. The minimum atomic E-state index is 0.379. The summed E-state index contributed by atoms with van der Waals surface area (Å²) in [6.45, 7) is 8.07. The van der Waals surface area contributed by atoms with E-state index in [1.165, 1.54) is 12.0 Å². The van der Waals surface area contributed by atoms with Crippen molar-refractivity contribution < 1.29 is 9.47 Å². The van der Waals surface area contributed by atoms with Gasteiger partial charge in [-0.15, -0.1) is 5.10 Å². The molecule has 0 radical (unpaired) electrons. The summed E-state index contributed by atoms with van der Waals surface area (Å²) in [5.74, 6) is 2.09. The topological polar surface area (TPSA) is 110 Å². The molecule has 1 fully saturated rings. The van der Waals surface area contributed by atoms with Crippen LogP contribution in [0.5, 0.6) is 5.75 Å². The summed E-state index contributed by atoms with van der Waals surface area (Å²) in [6.07, 6.45) is 11.0. The maximum absolute atomic E-state index is 7.62. The highest BCUT2D eigenvalue weighted by atomic mass is 35.5. The van der Waals surface area contributed by atoms with E-state index >= 15 is 0 Å². The number of methoxy groups -OCH3 is 1. The van der Waals surface area contributed by atoms with E-state index in [2.05, 4.69) is 23.6 Å². The molecule has 210 valence electrons. The molecule has 2 aromatic carbocycles. The zero-order chi connectivity index (χ0) is 28.8. The Kier molecular flexibility index (Phi) is 9.22. The van der Waals surface area contributed by atoms with Gasteiger partial charge in [0.2, 0.25) is 0 Å². The number of anilines is 3. The van der Waals surface area contributed by atoms with Crippen molar-refractivity contribution in [3.63, 3.8) is 0 Å². The molecule has 1 aliphatic rings. The first-order valence-corrected chi connectivity index (χ1v) is 13.7. The molecule has 5 N–H and O–H groups in total. The Morgan fingerprint density at radius 3 is 2.62 bits per heavy atom. The largest absolute Gasteiger partial charge is 0.496 e. The highest BCUT2D eigenvalue weighted by Gasteiger charge is 2.21. The van der Waals surface area contributed by atoms with Gasteiger partial charge >= 0.3 is 0 Å². The van der Waals surface area contributed by atoms with E-state index in [4.69, 9.17) is 37.3 Å². The molecule has 8 nitrogen and oxygen atoms in total. The SMILES string of the molecule is CC/C=C(\NC(=C1CCC1)c1ccc(-n2cc(C)c(Nc3ccc(N)c(C=N)c3Cl)n2)cc1OC)OC=C(C)C. The van der Waals surface area contributed by atoms with Gasteiger partial charge in [0.15, 0.2) is 11.7 Å². The number of allylic oxidation sites excluding steroid dienone is 3. The number of rotatable bonds is 11. The van der Waals surface area contributed by atoms with Crippen LogP contribution < -0.4 is 21.1 Å². The smallest absolute Gasteiger partial charge is 0.192 e. The van der Waals surface area contributed by atoms with E-state index in [9.17, 15) is 0 Å². The maximum atomic E-state index is 7.62. The van der Waals surface area contributed by atoms with Gasteiger partial charge in [-0.3, -0.25) is 0 Å². The lowest BCUT2D eigenvalue weighted by atomic mass is 9.88. The van der Waals surface area contributed by atoms with E-state index in [0.717, 1.165) is 59.3 Å². The van der Waals surface area contributed by atoms with Gasteiger partial charge in [0.05, 0.1) is 35.5 Å². The summed E-state index contributed by atoms with van der Waals surface area (Å²) in [4.78, 5) is 0. The standard InChI is InChI=1S/C31H37ClN6O2/c1-6-8-28(40-18-19(2)3)36-30(21-9-7-10-21)23-12-11-22(15-27(23)39-5)38-17-20(4)31(37-38)35-26-14-13-25(34)24(16-33)29(26)32/h8,11-18,33,36H,6-7,9-10,34H2,1-5H3,(H,35,37)/b28-8+,33-16?. The molecule has 40 heavy (non-hydrogen) atoms. The summed E-state index contributed by atoms with van der Waals surface area (Å²) in [5.41, 5.74) is 13.7. The van der Waals surface area contributed by atoms with Gasteiger partial charge in [0.25, 0.3) is 0 Å². The van der Waals surface area contributed by atoms with Crippen molar-refractivity contribution >= 4 is 40.7 Å². The molecule has 1 saturated carbocycles. The van der Waals surface area contributed by atoms with Crippen LogP contribution in [0.3, 0.4) is 0 Å². The molecule has 3 aromatic rings. The number of ether oxygens (including phenoxy) is 2. The Morgan fingerprint density at radius 1 is 1.23 bits per heavy atom. The molecule has 1 aliphatic carbocycles. The van der Waals surface area contributed by atoms with Gasteiger partial charge in [0.1, 0.15) is 5.75 Å². The van der Waals surface area contributed by atoms with Gasteiger partial charge < -0.3 is 31.3 Å². The van der Waals surface area contributed by atoms with Gasteiger partial charge in [-0.25, -0.2) is 4.68 Å². The molecule has 0 spiro atoms. The van der Waals surface area contributed by atoms with Crippen molar-refractivity contribution in [1.29, 1.82) is 5.41 Å². The first-order chi connectivity index (χ1) is 19.2. The van der Waals surface area contributed by atoms with Crippen molar-refractivity contribution in [3.8, 4) is 11.4 Å². The molecule has 1 aromatic heterocycles. The number of nitrogen functional groups attached to an aromatic ring is 1. The van der Waals surface area contributed by atoms with Crippen LogP contribution in [0, 0.1) is 12.3 Å². The quantitative estimate of drug-likeness (QED) is 0.108. The predicted molar refractivity (Wildman–Crippen MR) is 165 cm³/mol. The number of aromatic nitrogens is 2.